The summed E-state index contributed by atoms with van der Waals surface area (Å²) in [7, 11) is 1.69. The summed E-state index contributed by atoms with van der Waals surface area (Å²) in [6, 6.07) is 0.323. The van der Waals surface area contributed by atoms with Crippen LogP contribution in [0.4, 0.5) is 4.79 Å². The Hall–Kier alpha value is -1.56. The molecule has 2 N–H and O–H groups in total. The molecule has 0 aromatic carbocycles. The highest BCUT2D eigenvalue weighted by Crippen LogP contribution is 2.34. The number of aromatic amines is 1. The molecule has 3 rings (SSSR count). The van der Waals surface area contributed by atoms with Gasteiger partial charge in [0.25, 0.3) is 0 Å². The molecule has 0 unspecified atom stereocenters. The van der Waals surface area contributed by atoms with Gasteiger partial charge in [-0.05, 0) is 38.0 Å². The number of ether oxygens (including phenoxy) is 1. The first-order chi connectivity index (χ1) is 10.3. The van der Waals surface area contributed by atoms with E-state index in [2.05, 4.69) is 15.5 Å². The molecule has 116 valence electrons. The van der Waals surface area contributed by atoms with E-state index in [-0.39, 0.29) is 18.1 Å². The Morgan fingerprint density at radius 1 is 1.52 bits per heavy atom. The van der Waals surface area contributed by atoms with Crippen LogP contribution in [0.2, 0.25) is 0 Å². The molecule has 2 heterocycles. The van der Waals surface area contributed by atoms with E-state index in [1.54, 1.807) is 7.11 Å². The van der Waals surface area contributed by atoms with Gasteiger partial charge in [0, 0.05) is 25.4 Å². The highest BCUT2D eigenvalue weighted by molar-refractivity contribution is 5.75. The minimum absolute atomic E-state index is 0.0369. The van der Waals surface area contributed by atoms with Gasteiger partial charge in [-0.15, -0.1) is 0 Å². The zero-order valence-corrected chi connectivity index (χ0v) is 12.5. The van der Waals surface area contributed by atoms with Gasteiger partial charge in [0.1, 0.15) is 0 Å². The van der Waals surface area contributed by atoms with Gasteiger partial charge in [0.2, 0.25) is 0 Å². The molecule has 1 aromatic rings. The lowest BCUT2D eigenvalue weighted by Gasteiger charge is -2.36. The minimum Gasteiger partial charge on any atom is -0.383 e. The Morgan fingerprint density at radius 2 is 2.38 bits per heavy atom. The first-order valence-corrected chi connectivity index (χ1v) is 7.84. The first kappa shape index (κ1) is 14.4. The topological polar surface area (TPSA) is 70.2 Å². The number of urea groups is 1. The van der Waals surface area contributed by atoms with Crippen molar-refractivity contribution < 1.29 is 9.53 Å². The lowest BCUT2D eigenvalue weighted by atomic mass is 9.98. The molecule has 21 heavy (non-hydrogen) atoms. The van der Waals surface area contributed by atoms with Crippen LogP contribution in [0, 0.1) is 5.92 Å². The Balaban J connectivity index is 1.66. The zero-order chi connectivity index (χ0) is 14.7. The third-order valence-electron chi connectivity index (χ3n) is 4.51. The number of nitrogens with one attached hydrogen (secondary N) is 2. The molecule has 1 aromatic heterocycles. The number of aromatic nitrogens is 2. The lowest BCUT2D eigenvalue weighted by molar-refractivity contribution is 0.128. The van der Waals surface area contributed by atoms with Gasteiger partial charge in [-0.2, -0.15) is 5.10 Å². The van der Waals surface area contributed by atoms with E-state index in [1.807, 2.05) is 17.3 Å². The smallest absolute Gasteiger partial charge is 0.318 e. The second-order valence-electron chi connectivity index (χ2n) is 6.09. The number of amides is 2. The van der Waals surface area contributed by atoms with Gasteiger partial charge in [-0.25, -0.2) is 4.79 Å². The van der Waals surface area contributed by atoms with Gasteiger partial charge in [-0.1, -0.05) is 0 Å². The minimum atomic E-state index is 0.0369. The third kappa shape index (κ3) is 3.37. The number of carbonyl (C=O) groups is 1. The van der Waals surface area contributed by atoms with Crippen LogP contribution in [0.25, 0.3) is 0 Å². The Kier molecular flexibility index (Phi) is 4.43. The fourth-order valence-corrected chi connectivity index (χ4v) is 3.18. The summed E-state index contributed by atoms with van der Waals surface area (Å²) in [6.07, 6.45) is 9.34. The zero-order valence-electron chi connectivity index (χ0n) is 12.5. The van der Waals surface area contributed by atoms with Crippen LogP contribution in [0.1, 0.15) is 43.7 Å². The highest BCUT2D eigenvalue weighted by Gasteiger charge is 2.35. The van der Waals surface area contributed by atoms with Crippen molar-refractivity contribution in [2.75, 3.05) is 20.3 Å². The Morgan fingerprint density at radius 3 is 3.05 bits per heavy atom. The molecular weight excluding hydrogens is 268 g/mol. The maximum atomic E-state index is 12.6. The van der Waals surface area contributed by atoms with Gasteiger partial charge < -0.3 is 15.0 Å². The number of rotatable bonds is 5. The molecule has 1 aliphatic carbocycles. The first-order valence-electron chi connectivity index (χ1n) is 7.84. The number of hydrogen-bond donors (Lipinski definition) is 2. The average Bonchev–Trinajstić information content (AvgIpc) is 3.21. The van der Waals surface area contributed by atoms with Crippen LogP contribution in [0.5, 0.6) is 0 Å². The standard InChI is InChI=1S/C15H24N4O2/c1-21-10-13(11-5-6-11)18-15(20)19-7-3-2-4-14(19)12-8-16-17-9-12/h8-9,11,13-14H,2-7,10H2,1H3,(H,16,17)(H,18,20)/t13-,14-/m0/s1. The third-order valence-corrected chi connectivity index (χ3v) is 4.51. The quantitative estimate of drug-likeness (QED) is 0.873. The number of H-pyrrole nitrogens is 1. The largest absolute Gasteiger partial charge is 0.383 e. The lowest BCUT2D eigenvalue weighted by Crippen LogP contribution is -2.49. The normalized spacial score (nSPS) is 23.9. The summed E-state index contributed by atoms with van der Waals surface area (Å²) in [5.41, 5.74) is 1.10. The van der Waals surface area contributed by atoms with Crippen molar-refractivity contribution in [3.8, 4) is 0 Å². The maximum absolute atomic E-state index is 12.6. The van der Waals surface area contributed by atoms with Crippen molar-refractivity contribution in [3.63, 3.8) is 0 Å². The van der Waals surface area contributed by atoms with Gasteiger partial charge in [0.05, 0.1) is 24.9 Å². The molecular formula is C15H24N4O2. The molecule has 1 saturated heterocycles. The molecule has 0 radical (unpaired) electrons. The number of piperidine rings is 1. The summed E-state index contributed by atoms with van der Waals surface area (Å²) in [5, 5.41) is 10.0. The number of nitrogens with zero attached hydrogens (tertiary/aromatic N) is 2. The number of hydrogen-bond acceptors (Lipinski definition) is 3. The van der Waals surface area contributed by atoms with E-state index in [0.717, 1.165) is 31.4 Å². The van der Waals surface area contributed by atoms with Crippen LogP contribution in [-0.4, -0.2) is 47.4 Å². The molecule has 6 nitrogen and oxygen atoms in total. The van der Waals surface area contributed by atoms with E-state index >= 15 is 0 Å². The summed E-state index contributed by atoms with van der Waals surface area (Å²) in [4.78, 5) is 14.6. The fourth-order valence-electron chi connectivity index (χ4n) is 3.18. The molecule has 2 aliphatic rings. The molecule has 6 heteroatoms. The second-order valence-corrected chi connectivity index (χ2v) is 6.09. The van der Waals surface area contributed by atoms with Gasteiger partial charge in [0.15, 0.2) is 0 Å². The molecule has 0 spiro atoms. The molecule has 1 saturated carbocycles. The van der Waals surface area contributed by atoms with Crippen molar-refractivity contribution in [1.29, 1.82) is 0 Å². The van der Waals surface area contributed by atoms with Crippen LogP contribution >= 0.6 is 0 Å². The van der Waals surface area contributed by atoms with Crippen LogP contribution in [0.3, 0.4) is 0 Å². The molecule has 2 atom stereocenters. The average molecular weight is 292 g/mol. The molecule has 0 bridgehead atoms. The maximum Gasteiger partial charge on any atom is 0.318 e. The van der Waals surface area contributed by atoms with Crippen molar-refractivity contribution in [2.24, 2.45) is 5.92 Å². The highest BCUT2D eigenvalue weighted by atomic mass is 16.5. The SMILES string of the molecule is COC[C@H](NC(=O)N1CCCC[C@H]1c1cn[nH]c1)C1CC1. The van der Waals surface area contributed by atoms with E-state index < -0.39 is 0 Å². The summed E-state index contributed by atoms with van der Waals surface area (Å²) < 4.78 is 5.24. The monoisotopic (exact) mass is 292 g/mol. The van der Waals surface area contributed by atoms with Gasteiger partial charge >= 0.3 is 6.03 Å². The van der Waals surface area contributed by atoms with E-state index in [0.29, 0.717) is 12.5 Å². The summed E-state index contributed by atoms with van der Waals surface area (Å²) >= 11 is 0. The number of carbonyl (C=O) groups excluding carboxylic acids is 1. The molecule has 2 fully saturated rings. The van der Waals surface area contributed by atoms with E-state index in [9.17, 15) is 4.79 Å². The Bertz CT molecular complexity index is 458. The molecule has 1 aliphatic heterocycles. The van der Waals surface area contributed by atoms with E-state index in [4.69, 9.17) is 4.74 Å². The van der Waals surface area contributed by atoms with Crippen molar-refractivity contribution in [3.05, 3.63) is 18.0 Å². The van der Waals surface area contributed by atoms with Crippen molar-refractivity contribution >= 4 is 6.03 Å². The summed E-state index contributed by atoms with van der Waals surface area (Å²) in [5.74, 6) is 0.589. The second kappa shape index (κ2) is 6.47. The Labute approximate surface area is 125 Å². The fraction of sp³-hybridized carbons (Fsp3) is 0.733. The van der Waals surface area contributed by atoms with Gasteiger partial charge in [-0.3, -0.25) is 5.10 Å². The summed E-state index contributed by atoms with van der Waals surface area (Å²) in [6.45, 7) is 1.41. The van der Waals surface area contributed by atoms with Crippen LogP contribution in [-0.2, 0) is 4.74 Å². The predicted molar refractivity (Wildman–Crippen MR) is 78.8 cm³/mol. The van der Waals surface area contributed by atoms with Crippen molar-refractivity contribution in [1.82, 2.24) is 20.4 Å². The number of likely N-dealkylation sites (tertiary alicyclic amines) is 1. The predicted octanol–water partition coefficient (Wildman–Crippen LogP) is 2.07. The van der Waals surface area contributed by atoms with Crippen LogP contribution in [0.15, 0.2) is 12.4 Å². The van der Waals surface area contributed by atoms with E-state index in [1.165, 1.54) is 12.8 Å². The van der Waals surface area contributed by atoms with Crippen LogP contribution < -0.4 is 5.32 Å². The molecule has 2 amide bonds. The van der Waals surface area contributed by atoms with Crippen molar-refractivity contribution in [2.45, 2.75) is 44.2 Å². The number of methoxy groups -OCH3 is 1.